The molecule has 20 heavy (non-hydrogen) atoms. The Bertz CT molecular complexity index is 347. The van der Waals surface area contributed by atoms with Crippen LogP contribution in [-0.2, 0) is 9.53 Å². The Labute approximate surface area is 122 Å². The van der Waals surface area contributed by atoms with Crippen molar-refractivity contribution in [3.63, 3.8) is 0 Å². The van der Waals surface area contributed by atoms with Crippen LogP contribution in [0.25, 0.3) is 0 Å². The number of nitrogens with one attached hydrogen (secondary N) is 1. The van der Waals surface area contributed by atoms with E-state index in [1.165, 1.54) is 0 Å². The highest BCUT2D eigenvalue weighted by Crippen LogP contribution is 2.40. The lowest BCUT2D eigenvalue weighted by molar-refractivity contribution is -0.129. The van der Waals surface area contributed by atoms with Crippen molar-refractivity contribution >= 4 is 5.91 Å². The van der Waals surface area contributed by atoms with Gasteiger partial charge in [0, 0.05) is 25.7 Å². The molecule has 1 aliphatic carbocycles. The summed E-state index contributed by atoms with van der Waals surface area (Å²) >= 11 is 0. The predicted molar refractivity (Wildman–Crippen MR) is 79.4 cm³/mol. The summed E-state index contributed by atoms with van der Waals surface area (Å²) in [6.45, 7) is 10.7. The number of carbonyl (C=O) groups excluding carboxylic acids is 1. The zero-order chi connectivity index (χ0) is 14.9. The first-order valence-corrected chi connectivity index (χ1v) is 7.79. The van der Waals surface area contributed by atoms with Gasteiger partial charge in [-0.15, -0.1) is 0 Å². The number of primary amides is 1. The Morgan fingerprint density at radius 3 is 2.30 bits per heavy atom. The van der Waals surface area contributed by atoms with Crippen molar-refractivity contribution in [1.29, 1.82) is 0 Å². The Morgan fingerprint density at radius 1 is 1.35 bits per heavy atom. The summed E-state index contributed by atoms with van der Waals surface area (Å²) in [6, 6.07) is 0.249. The van der Waals surface area contributed by atoms with Crippen LogP contribution < -0.4 is 11.1 Å². The van der Waals surface area contributed by atoms with E-state index in [1.807, 2.05) is 0 Å². The van der Waals surface area contributed by atoms with E-state index in [1.54, 1.807) is 0 Å². The van der Waals surface area contributed by atoms with Crippen LogP contribution in [0.1, 0.15) is 40.5 Å². The minimum Gasteiger partial charge on any atom is -0.373 e. The zero-order valence-electron chi connectivity index (χ0n) is 13.2. The maximum absolute atomic E-state index is 12.2. The zero-order valence-corrected chi connectivity index (χ0v) is 13.2. The number of ether oxygens (including phenoxy) is 1. The van der Waals surface area contributed by atoms with Crippen LogP contribution in [0.2, 0.25) is 0 Å². The average molecular weight is 283 g/mol. The SMILES string of the molecule is CC(C)NC(CN1CC(C)OC(C)C1)(C(N)=O)C1CC1. The van der Waals surface area contributed by atoms with Crippen molar-refractivity contribution in [1.82, 2.24) is 10.2 Å². The van der Waals surface area contributed by atoms with Gasteiger partial charge in [0.25, 0.3) is 0 Å². The summed E-state index contributed by atoms with van der Waals surface area (Å²) in [5.74, 6) is 0.177. The highest BCUT2D eigenvalue weighted by atomic mass is 16.5. The van der Waals surface area contributed by atoms with Gasteiger partial charge in [0.05, 0.1) is 12.2 Å². The highest BCUT2D eigenvalue weighted by Gasteiger charge is 2.51. The summed E-state index contributed by atoms with van der Waals surface area (Å²) < 4.78 is 5.77. The number of morpholine rings is 1. The van der Waals surface area contributed by atoms with Gasteiger partial charge in [-0.05, 0) is 46.5 Å². The Balaban J connectivity index is 2.12. The van der Waals surface area contributed by atoms with Crippen molar-refractivity contribution in [2.24, 2.45) is 11.7 Å². The van der Waals surface area contributed by atoms with Crippen molar-refractivity contribution in [2.75, 3.05) is 19.6 Å². The first-order chi connectivity index (χ1) is 9.33. The third-order valence-electron chi connectivity index (χ3n) is 4.23. The first-order valence-electron chi connectivity index (χ1n) is 7.79. The minimum atomic E-state index is -0.578. The number of hydrogen-bond donors (Lipinski definition) is 2. The molecule has 2 fully saturated rings. The third-order valence-corrected chi connectivity index (χ3v) is 4.23. The fraction of sp³-hybridized carbons (Fsp3) is 0.933. The molecule has 116 valence electrons. The molecular formula is C15H29N3O2. The second kappa shape index (κ2) is 6.00. The Hall–Kier alpha value is -0.650. The molecule has 1 saturated heterocycles. The van der Waals surface area contributed by atoms with Gasteiger partial charge in [-0.3, -0.25) is 15.0 Å². The van der Waals surface area contributed by atoms with Crippen LogP contribution >= 0.6 is 0 Å². The van der Waals surface area contributed by atoms with E-state index < -0.39 is 5.54 Å². The van der Waals surface area contributed by atoms with E-state index in [0.717, 1.165) is 25.9 Å². The largest absolute Gasteiger partial charge is 0.373 e. The molecule has 2 aliphatic rings. The molecule has 0 bridgehead atoms. The molecule has 2 rings (SSSR count). The molecule has 3 atom stereocenters. The van der Waals surface area contributed by atoms with Crippen LogP contribution in [0.3, 0.4) is 0 Å². The second-order valence-corrected chi connectivity index (χ2v) is 6.86. The molecule has 1 saturated carbocycles. The van der Waals surface area contributed by atoms with E-state index >= 15 is 0 Å². The van der Waals surface area contributed by atoms with E-state index in [-0.39, 0.29) is 24.2 Å². The van der Waals surface area contributed by atoms with Gasteiger partial charge in [-0.25, -0.2) is 0 Å². The molecule has 1 heterocycles. The summed E-state index contributed by atoms with van der Waals surface area (Å²) in [6.07, 6.45) is 2.61. The number of rotatable bonds is 6. The van der Waals surface area contributed by atoms with Crippen LogP contribution in [0.5, 0.6) is 0 Å². The first kappa shape index (κ1) is 15.7. The van der Waals surface area contributed by atoms with Crippen molar-refractivity contribution in [3.05, 3.63) is 0 Å². The number of nitrogens with zero attached hydrogens (tertiary/aromatic N) is 1. The predicted octanol–water partition coefficient (Wildman–Crippen LogP) is 0.728. The molecule has 3 unspecified atom stereocenters. The maximum Gasteiger partial charge on any atom is 0.239 e. The minimum absolute atomic E-state index is 0.208. The average Bonchev–Trinajstić information content (AvgIpc) is 3.09. The monoisotopic (exact) mass is 283 g/mol. The molecule has 0 aromatic carbocycles. The third kappa shape index (κ3) is 3.51. The quantitative estimate of drug-likeness (QED) is 0.754. The lowest BCUT2D eigenvalue weighted by Gasteiger charge is -2.42. The van der Waals surface area contributed by atoms with Crippen molar-refractivity contribution < 1.29 is 9.53 Å². The molecule has 5 heteroatoms. The van der Waals surface area contributed by atoms with Gasteiger partial charge in [0.15, 0.2) is 0 Å². The molecule has 0 aromatic heterocycles. The molecule has 5 nitrogen and oxygen atoms in total. The summed E-state index contributed by atoms with van der Waals surface area (Å²) in [5.41, 5.74) is 5.21. The Kier molecular flexibility index (Phi) is 4.72. The summed E-state index contributed by atoms with van der Waals surface area (Å²) in [7, 11) is 0. The van der Waals surface area contributed by atoms with E-state index in [0.29, 0.717) is 12.5 Å². The van der Waals surface area contributed by atoms with Crippen LogP contribution in [0, 0.1) is 5.92 Å². The van der Waals surface area contributed by atoms with E-state index in [9.17, 15) is 4.79 Å². The molecule has 0 radical (unpaired) electrons. The van der Waals surface area contributed by atoms with Crippen LogP contribution in [0.15, 0.2) is 0 Å². The number of amides is 1. The maximum atomic E-state index is 12.2. The molecule has 0 spiro atoms. The molecular weight excluding hydrogens is 254 g/mol. The standard InChI is InChI=1S/C15H29N3O2/c1-10(2)17-15(14(16)19,13-5-6-13)9-18-7-11(3)20-12(4)8-18/h10-13,17H,5-9H2,1-4H3,(H2,16,19). The second-order valence-electron chi connectivity index (χ2n) is 6.86. The summed E-state index contributed by atoms with van der Waals surface area (Å²) in [4.78, 5) is 14.5. The fourth-order valence-corrected chi connectivity index (χ4v) is 3.50. The molecule has 0 aromatic rings. The smallest absolute Gasteiger partial charge is 0.239 e. The highest BCUT2D eigenvalue weighted by molar-refractivity contribution is 5.86. The van der Waals surface area contributed by atoms with Crippen molar-refractivity contribution in [2.45, 2.75) is 64.3 Å². The van der Waals surface area contributed by atoms with Gasteiger partial charge < -0.3 is 10.5 Å². The number of carbonyl (C=O) groups is 1. The number of hydrogen-bond acceptors (Lipinski definition) is 4. The molecule has 1 amide bonds. The summed E-state index contributed by atoms with van der Waals surface area (Å²) in [5, 5.41) is 3.47. The Morgan fingerprint density at radius 2 is 1.90 bits per heavy atom. The van der Waals surface area contributed by atoms with Crippen molar-refractivity contribution in [3.8, 4) is 0 Å². The molecule has 3 N–H and O–H groups in total. The van der Waals surface area contributed by atoms with E-state index in [4.69, 9.17) is 10.5 Å². The van der Waals surface area contributed by atoms with Crippen LogP contribution in [0.4, 0.5) is 0 Å². The van der Waals surface area contributed by atoms with Gasteiger partial charge in [-0.1, -0.05) is 0 Å². The van der Waals surface area contributed by atoms with Gasteiger partial charge in [0.2, 0.25) is 5.91 Å². The lowest BCUT2D eigenvalue weighted by atomic mass is 9.89. The normalized spacial score (nSPS) is 31.2. The lowest BCUT2D eigenvalue weighted by Crippen LogP contribution is -2.66. The van der Waals surface area contributed by atoms with E-state index in [2.05, 4.69) is 37.9 Å². The topological polar surface area (TPSA) is 67.6 Å². The van der Waals surface area contributed by atoms with Crippen LogP contribution in [-0.4, -0.2) is 54.2 Å². The number of nitrogens with two attached hydrogens (primary N) is 1. The van der Waals surface area contributed by atoms with Gasteiger partial charge in [0.1, 0.15) is 5.54 Å². The fourth-order valence-electron chi connectivity index (χ4n) is 3.50. The van der Waals surface area contributed by atoms with Gasteiger partial charge in [-0.2, -0.15) is 0 Å². The van der Waals surface area contributed by atoms with Gasteiger partial charge >= 0.3 is 0 Å². The molecule has 1 aliphatic heterocycles.